The van der Waals surface area contributed by atoms with Crippen LogP contribution in [0.1, 0.15) is 31.7 Å². The summed E-state index contributed by atoms with van der Waals surface area (Å²) >= 11 is 6.02. The molecule has 0 bridgehead atoms. The van der Waals surface area contributed by atoms with Crippen molar-refractivity contribution in [3.63, 3.8) is 0 Å². The zero-order chi connectivity index (χ0) is 22.4. The number of rotatable bonds is 5. The SMILES string of the molecule is Cc1nc2c(c(=O)n1Cc1ccc(Cl)cc1)c1nc3ccccc3nc1n2CCC(C)C. The van der Waals surface area contributed by atoms with E-state index in [-0.39, 0.29) is 5.56 Å². The monoisotopic (exact) mass is 445 g/mol. The van der Waals surface area contributed by atoms with Crippen molar-refractivity contribution < 1.29 is 0 Å². The lowest BCUT2D eigenvalue weighted by Gasteiger charge is -2.12. The predicted octanol–water partition coefficient (Wildman–Crippen LogP) is 5.35. The van der Waals surface area contributed by atoms with E-state index >= 15 is 0 Å². The number of nitrogens with zero attached hydrogens (tertiary/aromatic N) is 5. The Morgan fingerprint density at radius 3 is 2.28 bits per heavy atom. The molecule has 7 heteroatoms. The van der Waals surface area contributed by atoms with Crippen LogP contribution in [-0.4, -0.2) is 24.1 Å². The Hall–Kier alpha value is -3.25. The minimum atomic E-state index is -0.0969. The molecule has 32 heavy (non-hydrogen) atoms. The molecule has 6 nitrogen and oxygen atoms in total. The molecular weight excluding hydrogens is 422 g/mol. The van der Waals surface area contributed by atoms with Crippen molar-refractivity contribution in [3.8, 4) is 0 Å². The molecule has 0 aliphatic heterocycles. The lowest BCUT2D eigenvalue weighted by Crippen LogP contribution is -2.24. The molecule has 3 heterocycles. The van der Waals surface area contributed by atoms with Gasteiger partial charge in [-0.3, -0.25) is 9.36 Å². The average Bonchev–Trinajstić information content (AvgIpc) is 3.07. The number of aromatic nitrogens is 5. The summed E-state index contributed by atoms with van der Waals surface area (Å²) in [6.07, 6.45) is 0.960. The van der Waals surface area contributed by atoms with E-state index in [9.17, 15) is 4.79 Å². The van der Waals surface area contributed by atoms with Crippen LogP contribution in [-0.2, 0) is 13.1 Å². The summed E-state index contributed by atoms with van der Waals surface area (Å²) in [7, 11) is 0. The van der Waals surface area contributed by atoms with Crippen LogP contribution in [0.15, 0.2) is 53.3 Å². The molecular formula is C25H24ClN5O. The smallest absolute Gasteiger partial charge is 0.265 e. The van der Waals surface area contributed by atoms with Crippen molar-refractivity contribution in [1.82, 2.24) is 24.1 Å². The molecule has 0 saturated heterocycles. The highest BCUT2D eigenvalue weighted by atomic mass is 35.5. The minimum Gasteiger partial charge on any atom is -0.308 e. The zero-order valence-electron chi connectivity index (χ0n) is 18.3. The molecule has 0 aliphatic rings. The fourth-order valence-corrected chi connectivity index (χ4v) is 4.18. The number of hydrogen-bond acceptors (Lipinski definition) is 4. The Morgan fingerprint density at radius 2 is 1.59 bits per heavy atom. The van der Waals surface area contributed by atoms with E-state index in [1.807, 2.05) is 55.5 Å². The maximum absolute atomic E-state index is 13.7. The normalized spacial score (nSPS) is 11.9. The Kier molecular flexibility index (Phi) is 5.18. The van der Waals surface area contributed by atoms with Gasteiger partial charge in [-0.15, -0.1) is 0 Å². The molecule has 0 fully saturated rings. The highest BCUT2D eigenvalue weighted by Gasteiger charge is 2.21. The fraction of sp³-hybridized carbons (Fsp3) is 0.280. The van der Waals surface area contributed by atoms with Crippen LogP contribution in [0.5, 0.6) is 0 Å². The maximum Gasteiger partial charge on any atom is 0.265 e. The minimum absolute atomic E-state index is 0.0969. The van der Waals surface area contributed by atoms with E-state index in [4.69, 9.17) is 26.6 Å². The van der Waals surface area contributed by atoms with Gasteiger partial charge in [0.1, 0.15) is 16.7 Å². The van der Waals surface area contributed by atoms with Gasteiger partial charge in [0.05, 0.1) is 17.6 Å². The lowest BCUT2D eigenvalue weighted by molar-refractivity contribution is 0.527. The van der Waals surface area contributed by atoms with Crippen molar-refractivity contribution in [1.29, 1.82) is 0 Å². The third kappa shape index (κ3) is 3.54. The van der Waals surface area contributed by atoms with Crippen LogP contribution in [0.4, 0.5) is 0 Å². The van der Waals surface area contributed by atoms with Gasteiger partial charge in [0.2, 0.25) is 0 Å². The molecule has 0 spiro atoms. The lowest BCUT2D eigenvalue weighted by atomic mass is 10.1. The molecule has 0 N–H and O–H groups in total. The fourth-order valence-electron chi connectivity index (χ4n) is 4.05. The van der Waals surface area contributed by atoms with Gasteiger partial charge in [-0.25, -0.2) is 15.0 Å². The molecule has 2 aromatic carbocycles. The topological polar surface area (TPSA) is 65.6 Å². The van der Waals surface area contributed by atoms with Gasteiger partial charge >= 0.3 is 0 Å². The van der Waals surface area contributed by atoms with Crippen molar-refractivity contribution >= 4 is 44.8 Å². The summed E-state index contributed by atoms with van der Waals surface area (Å²) in [4.78, 5) is 28.3. The van der Waals surface area contributed by atoms with Crippen molar-refractivity contribution in [2.24, 2.45) is 5.92 Å². The number of fused-ring (bicyclic) bond motifs is 4. The predicted molar refractivity (Wildman–Crippen MR) is 129 cm³/mol. The zero-order valence-corrected chi connectivity index (χ0v) is 19.1. The first-order valence-electron chi connectivity index (χ1n) is 10.8. The third-order valence-corrected chi connectivity index (χ3v) is 6.08. The quantitative estimate of drug-likeness (QED) is 0.365. The Labute approximate surface area is 190 Å². The maximum atomic E-state index is 13.7. The number of aryl methyl sites for hydroxylation is 2. The molecule has 0 unspecified atom stereocenters. The summed E-state index contributed by atoms with van der Waals surface area (Å²) in [6, 6.07) is 15.3. The molecule has 0 aliphatic carbocycles. The third-order valence-electron chi connectivity index (χ3n) is 5.83. The van der Waals surface area contributed by atoms with Crippen molar-refractivity contribution in [2.75, 3.05) is 0 Å². The summed E-state index contributed by atoms with van der Waals surface area (Å²) in [6.45, 7) is 7.40. The Balaban J connectivity index is 1.79. The number of hydrogen-bond donors (Lipinski definition) is 0. The van der Waals surface area contributed by atoms with Crippen LogP contribution < -0.4 is 5.56 Å². The van der Waals surface area contributed by atoms with Crippen LogP contribution in [0, 0.1) is 12.8 Å². The van der Waals surface area contributed by atoms with Gasteiger partial charge in [0.15, 0.2) is 11.3 Å². The summed E-state index contributed by atoms with van der Waals surface area (Å²) in [5, 5.41) is 1.20. The number of halogens is 1. The molecule has 162 valence electrons. The molecule has 0 radical (unpaired) electrons. The molecule has 3 aromatic heterocycles. The molecule has 0 amide bonds. The molecule has 0 saturated carbocycles. The summed E-state index contributed by atoms with van der Waals surface area (Å²) in [5.41, 5.74) is 4.46. The standard InChI is InChI=1S/C25H24ClN5O/c1-15(2)12-13-30-23-21(22-24(30)29-20-7-5-4-6-19(20)28-22)25(32)31(16(3)27-23)14-17-8-10-18(26)11-9-17/h4-11,15H,12-14H2,1-3H3. The second-order valence-corrected chi connectivity index (χ2v) is 9.03. The number of para-hydroxylation sites is 2. The Bertz CT molecular complexity index is 1520. The average molecular weight is 446 g/mol. The first-order chi connectivity index (χ1) is 15.4. The van der Waals surface area contributed by atoms with Gasteiger partial charge in [0.25, 0.3) is 5.56 Å². The largest absolute Gasteiger partial charge is 0.308 e. The van der Waals surface area contributed by atoms with E-state index in [0.717, 1.165) is 29.6 Å². The first kappa shape index (κ1) is 20.6. The summed E-state index contributed by atoms with van der Waals surface area (Å²) in [5.74, 6) is 1.18. The second-order valence-electron chi connectivity index (χ2n) is 8.59. The van der Waals surface area contributed by atoms with E-state index in [2.05, 4.69) is 18.4 Å². The highest BCUT2D eigenvalue weighted by Crippen LogP contribution is 2.26. The van der Waals surface area contributed by atoms with Crippen LogP contribution in [0.2, 0.25) is 5.02 Å². The summed E-state index contributed by atoms with van der Waals surface area (Å²) < 4.78 is 3.76. The second kappa shape index (κ2) is 8.02. The van der Waals surface area contributed by atoms with E-state index < -0.39 is 0 Å². The van der Waals surface area contributed by atoms with Crippen molar-refractivity contribution in [3.05, 3.63) is 75.3 Å². The van der Waals surface area contributed by atoms with Gasteiger partial charge < -0.3 is 4.57 Å². The molecule has 5 rings (SSSR count). The Morgan fingerprint density at radius 1 is 0.906 bits per heavy atom. The van der Waals surface area contributed by atoms with Crippen LogP contribution in [0.25, 0.3) is 33.2 Å². The van der Waals surface area contributed by atoms with Gasteiger partial charge in [-0.05, 0) is 49.1 Å². The van der Waals surface area contributed by atoms with Gasteiger partial charge in [-0.2, -0.15) is 0 Å². The van der Waals surface area contributed by atoms with Crippen LogP contribution in [0.3, 0.4) is 0 Å². The van der Waals surface area contributed by atoms with Crippen LogP contribution >= 0.6 is 11.6 Å². The first-order valence-corrected chi connectivity index (χ1v) is 11.2. The van der Waals surface area contributed by atoms with Gasteiger partial charge in [-0.1, -0.05) is 49.7 Å². The van der Waals surface area contributed by atoms with Crippen molar-refractivity contribution in [2.45, 2.75) is 40.3 Å². The molecule has 5 aromatic rings. The number of benzene rings is 2. The van der Waals surface area contributed by atoms with Gasteiger partial charge in [0, 0.05) is 11.6 Å². The van der Waals surface area contributed by atoms with E-state index in [1.165, 1.54) is 0 Å². The highest BCUT2D eigenvalue weighted by molar-refractivity contribution is 6.30. The van der Waals surface area contributed by atoms with E-state index in [0.29, 0.717) is 45.5 Å². The molecule has 0 atom stereocenters. The van der Waals surface area contributed by atoms with E-state index in [1.54, 1.807) is 4.57 Å².